The van der Waals surface area contributed by atoms with Gasteiger partial charge in [0.25, 0.3) is 5.91 Å². The molecular formula is C21H19N9O2. The molecule has 0 aliphatic heterocycles. The number of carbonyl (C=O) groups is 1. The van der Waals surface area contributed by atoms with Crippen molar-refractivity contribution in [1.82, 2.24) is 35.3 Å². The van der Waals surface area contributed by atoms with Crippen LogP contribution < -0.4 is 11.2 Å². The quantitative estimate of drug-likeness (QED) is 0.323. The molecule has 3 N–H and O–H groups in total. The molecule has 5 aromatic rings. The Labute approximate surface area is 181 Å². The molecule has 0 fully saturated rings. The summed E-state index contributed by atoms with van der Waals surface area (Å²) in [6.07, 6.45) is 1.59. The Kier molecular flexibility index (Phi) is 4.62. The fraction of sp³-hybridized carbons (Fsp3) is 0.143. The highest BCUT2D eigenvalue weighted by atomic mass is 16.6. The van der Waals surface area contributed by atoms with Gasteiger partial charge in [0.2, 0.25) is 11.6 Å². The largest absolute Gasteiger partial charge is 0.378 e. The Hall–Kier alpha value is -4.54. The number of aromatic nitrogens is 6. The highest BCUT2D eigenvalue weighted by Crippen LogP contribution is 2.29. The van der Waals surface area contributed by atoms with Crippen molar-refractivity contribution in [3.8, 4) is 5.82 Å². The van der Waals surface area contributed by atoms with Crippen molar-refractivity contribution >= 4 is 39.7 Å². The summed E-state index contributed by atoms with van der Waals surface area (Å²) >= 11 is 0. The minimum atomic E-state index is -0.510. The van der Waals surface area contributed by atoms with Crippen LogP contribution in [0, 0.1) is 6.92 Å². The maximum absolute atomic E-state index is 12.5. The molecule has 0 aliphatic rings. The van der Waals surface area contributed by atoms with Gasteiger partial charge in [0.1, 0.15) is 0 Å². The summed E-state index contributed by atoms with van der Waals surface area (Å²) in [6.45, 7) is 4.66. The zero-order valence-electron chi connectivity index (χ0n) is 17.4. The van der Waals surface area contributed by atoms with Crippen molar-refractivity contribution in [1.29, 1.82) is 0 Å². The summed E-state index contributed by atoms with van der Waals surface area (Å²) in [5.74, 6) is -0.302. The molecule has 160 valence electrons. The summed E-state index contributed by atoms with van der Waals surface area (Å²) in [5, 5.41) is 21.3. The van der Waals surface area contributed by atoms with Gasteiger partial charge in [-0.25, -0.2) is 10.1 Å². The third-order valence-electron chi connectivity index (χ3n) is 5.30. The lowest BCUT2D eigenvalue weighted by Gasteiger charge is -2.02. The number of anilines is 1. The molecule has 0 saturated carbocycles. The van der Waals surface area contributed by atoms with E-state index in [4.69, 9.17) is 5.73 Å². The molecule has 11 nitrogen and oxygen atoms in total. The number of fused-ring (bicyclic) bond motifs is 3. The van der Waals surface area contributed by atoms with Gasteiger partial charge in [0, 0.05) is 28.4 Å². The summed E-state index contributed by atoms with van der Waals surface area (Å²) in [6, 6.07) is 14.4. The molecule has 5 rings (SSSR count). The van der Waals surface area contributed by atoms with Gasteiger partial charge in [-0.2, -0.15) is 9.78 Å². The number of amides is 1. The first-order valence-corrected chi connectivity index (χ1v) is 9.93. The number of nitrogens with two attached hydrogens (primary N) is 1. The topological polar surface area (TPSA) is 142 Å². The van der Waals surface area contributed by atoms with E-state index >= 15 is 0 Å². The summed E-state index contributed by atoms with van der Waals surface area (Å²) < 4.78 is 8.12. The van der Waals surface area contributed by atoms with Gasteiger partial charge >= 0.3 is 0 Å². The zero-order chi connectivity index (χ0) is 22.2. The van der Waals surface area contributed by atoms with Crippen LogP contribution >= 0.6 is 0 Å². The Morgan fingerprint density at radius 3 is 2.78 bits per heavy atom. The maximum atomic E-state index is 12.5. The van der Waals surface area contributed by atoms with Gasteiger partial charge in [0.05, 0.1) is 11.9 Å². The number of hydrogen-bond donors (Lipinski definition) is 2. The number of carbonyl (C=O) groups excluding carboxylic acids is 1. The third-order valence-corrected chi connectivity index (χ3v) is 5.30. The van der Waals surface area contributed by atoms with E-state index in [9.17, 15) is 4.79 Å². The van der Waals surface area contributed by atoms with Crippen LogP contribution in [0.15, 0.2) is 52.2 Å². The highest BCUT2D eigenvalue weighted by Gasteiger charge is 2.20. The number of nitrogens with one attached hydrogen (secondary N) is 1. The molecule has 0 atom stereocenters. The van der Waals surface area contributed by atoms with Gasteiger partial charge < -0.3 is 10.3 Å². The van der Waals surface area contributed by atoms with Gasteiger partial charge in [-0.3, -0.25) is 4.79 Å². The first-order valence-electron chi connectivity index (χ1n) is 9.93. The Balaban J connectivity index is 1.38. The molecule has 3 heterocycles. The normalized spacial score (nSPS) is 11.7. The Bertz CT molecular complexity index is 1490. The minimum Gasteiger partial charge on any atom is -0.378 e. The molecule has 0 spiro atoms. The average molecular weight is 429 g/mol. The molecule has 32 heavy (non-hydrogen) atoms. The average Bonchev–Trinajstić information content (AvgIpc) is 3.48. The van der Waals surface area contributed by atoms with Crippen LogP contribution in [0.2, 0.25) is 0 Å². The summed E-state index contributed by atoms with van der Waals surface area (Å²) in [4.78, 5) is 12.5. The van der Waals surface area contributed by atoms with Crippen LogP contribution in [0.1, 0.15) is 28.7 Å². The molecule has 0 radical (unpaired) electrons. The predicted octanol–water partition coefficient (Wildman–Crippen LogP) is 2.43. The molecule has 11 heteroatoms. The van der Waals surface area contributed by atoms with Crippen molar-refractivity contribution < 1.29 is 9.42 Å². The van der Waals surface area contributed by atoms with E-state index in [1.54, 1.807) is 13.1 Å². The van der Waals surface area contributed by atoms with Crippen LogP contribution in [0.4, 0.5) is 5.82 Å². The van der Waals surface area contributed by atoms with E-state index in [0.717, 1.165) is 23.0 Å². The van der Waals surface area contributed by atoms with Gasteiger partial charge in [-0.1, -0.05) is 29.5 Å². The van der Waals surface area contributed by atoms with E-state index in [-0.39, 0.29) is 17.3 Å². The molecule has 0 bridgehead atoms. The van der Waals surface area contributed by atoms with E-state index < -0.39 is 5.91 Å². The number of benzene rings is 2. The number of hydrazone groups is 1. The Morgan fingerprint density at radius 1 is 1.19 bits per heavy atom. The molecule has 0 saturated heterocycles. The monoisotopic (exact) mass is 429 g/mol. The van der Waals surface area contributed by atoms with Crippen molar-refractivity contribution in [2.75, 3.05) is 5.73 Å². The molecule has 0 aliphatic carbocycles. The number of hydrogen-bond acceptors (Lipinski definition) is 8. The minimum absolute atomic E-state index is 0.0443. The second kappa shape index (κ2) is 7.61. The SMILES string of the molecule is CCn1c2ccccc2c2cc(/C=N/NC(=O)c3nnn(-c4nonc4N)c3C)ccc21. The van der Waals surface area contributed by atoms with Crippen molar-refractivity contribution in [3.05, 3.63) is 59.4 Å². The van der Waals surface area contributed by atoms with E-state index in [0.29, 0.717) is 5.69 Å². The zero-order valence-corrected chi connectivity index (χ0v) is 17.4. The number of nitrogens with zero attached hydrogens (tertiary/aromatic N) is 7. The lowest BCUT2D eigenvalue weighted by molar-refractivity contribution is 0.0949. The van der Waals surface area contributed by atoms with Crippen LogP contribution in [-0.2, 0) is 6.54 Å². The first kappa shape index (κ1) is 19.4. The Morgan fingerprint density at radius 2 is 2.00 bits per heavy atom. The lowest BCUT2D eigenvalue weighted by Crippen LogP contribution is -2.19. The number of rotatable bonds is 5. The number of aryl methyl sites for hydroxylation is 1. The third kappa shape index (κ3) is 3.07. The second-order valence-electron chi connectivity index (χ2n) is 7.15. The fourth-order valence-electron chi connectivity index (χ4n) is 3.79. The smallest absolute Gasteiger partial charge is 0.293 e. The van der Waals surface area contributed by atoms with Gasteiger partial charge in [-0.05, 0) is 47.9 Å². The summed E-state index contributed by atoms with van der Waals surface area (Å²) in [5.41, 5.74) is 11.9. The summed E-state index contributed by atoms with van der Waals surface area (Å²) in [7, 11) is 0. The van der Waals surface area contributed by atoms with Crippen molar-refractivity contribution in [2.45, 2.75) is 20.4 Å². The maximum Gasteiger partial charge on any atom is 0.293 e. The van der Waals surface area contributed by atoms with Gasteiger partial charge in [-0.15, -0.1) is 5.10 Å². The molecular weight excluding hydrogens is 410 g/mol. The molecule has 2 aromatic carbocycles. The van der Waals surface area contributed by atoms with Crippen LogP contribution in [0.3, 0.4) is 0 Å². The molecule has 0 unspecified atom stereocenters. The number of nitrogen functional groups attached to an aromatic ring is 1. The fourth-order valence-corrected chi connectivity index (χ4v) is 3.79. The lowest BCUT2D eigenvalue weighted by atomic mass is 10.1. The number of para-hydroxylation sites is 1. The van der Waals surface area contributed by atoms with Crippen molar-refractivity contribution in [2.24, 2.45) is 5.10 Å². The van der Waals surface area contributed by atoms with Crippen LogP contribution in [0.25, 0.3) is 27.6 Å². The van der Waals surface area contributed by atoms with E-state index in [1.165, 1.54) is 15.6 Å². The van der Waals surface area contributed by atoms with E-state index in [2.05, 4.69) is 71.5 Å². The first-order chi connectivity index (χ1) is 15.6. The van der Waals surface area contributed by atoms with Crippen LogP contribution in [0.5, 0.6) is 0 Å². The van der Waals surface area contributed by atoms with Gasteiger partial charge in [0.15, 0.2) is 5.69 Å². The predicted molar refractivity (Wildman–Crippen MR) is 119 cm³/mol. The standard InChI is InChI=1S/C21H19N9O2/c1-3-29-16-7-5-4-6-14(16)15-10-13(8-9-17(15)29)11-23-25-21(31)18-12(2)30(28-24-18)20-19(22)26-32-27-20/h4-11H,3H2,1-2H3,(H2,22,26)(H,25,31)/b23-11+. The van der Waals surface area contributed by atoms with Crippen LogP contribution in [-0.4, -0.2) is 42.0 Å². The van der Waals surface area contributed by atoms with E-state index in [1.807, 2.05) is 18.2 Å². The van der Waals surface area contributed by atoms with Crippen molar-refractivity contribution in [3.63, 3.8) is 0 Å². The molecule has 3 aromatic heterocycles. The second-order valence-corrected chi connectivity index (χ2v) is 7.15. The highest BCUT2D eigenvalue weighted by molar-refractivity contribution is 6.09. The molecule has 1 amide bonds.